The third-order valence-electron chi connectivity index (χ3n) is 4.47. The van der Waals surface area contributed by atoms with Crippen molar-refractivity contribution in [2.75, 3.05) is 11.1 Å². The number of aromatic nitrogens is 4. The standard InChI is InChI=1S/C21H21N5O2S2/c1-2-10-26-17(8-9-22-26)25-18(27)13-29-12-16-23-20(28)19-15(11-30-21(19)24-16)14-6-4-3-5-7-14/h3-9,11H,2,10,12-13H2,1H3,(H,25,27)(H,23,24,28). The molecule has 7 nitrogen and oxygen atoms in total. The largest absolute Gasteiger partial charge is 0.310 e. The van der Waals surface area contributed by atoms with Crippen molar-refractivity contribution in [3.05, 3.63) is 64.2 Å². The number of amides is 1. The molecule has 0 atom stereocenters. The minimum atomic E-state index is -0.149. The summed E-state index contributed by atoms with van der Waals surface area (Å²) in [6, 6.07) is 11.6. The number of anilines is 1. The summed E-state index contributed by atoms with van der Waals surface area (Å²) in [5, 5.41) is 9.65. The maximum absolute atomic E-state index is 12.7. The van der Waals surface area contributed by atoms with Gasteiger partial charge in [0.1, 0.15) is 16.5 Å². The first-order chi connectivity index (χ1) is 14.7. The number of fused-ring (bicyclic) bond motifs is 1. The van der Waals surface area contributed by atoms with Crippen molar-refractivity contribution in [1.82, 2.24) is 19.7 Å². The quantitative estimate of drug-likeness (QED) is 0.431. The highest BCUT2D eigenvalue weighted by Crippen LogP contribution is 2.30. The van der Waals surface area contributed by atoms with Crippen molar-refractivity contribution in [3.63, 3.8) is 0 Å². The van der Waals surface area contributed by atoms with Crippen LogP contribution in [-0.4, -0.2) is 31.4 Å². The molecule has 3 aromatic heterocycles. The Morgan fingerprint density at radius 2 is 2.10 bits per heavy atom. The van der Waals surface area contributed by atoms with Crippen LogP contribution in [0.2, 0.25) is 0 Å². The molecule has 1 aromatic carbocycles. The number of nitrogens with one attached hydrogen (secondary N) is 2. The first-order valence-corrected chi connectivity index (χ1v) is 11.6. The van der Waals surface area contributed by atoms with Gasteiger partial charge in [0, 0.05) is 23.6 Å². The molecule has 0 bridgehead atoms. The van der Waals surface area contributed by atoms with Crippen LogP contribution in [0.3, 0.4) is 0 Å². The number of rotatable bonds is 8. The number of thioether (sulfide) groups is 1. The van der Waals surface area contributed by atoms with E-state index in [1.54, 1.807) is 16.9 Å². The first-order valence-electron chi connectivity index (χ1n) is 9.61. The summed E-state index contributed by atoms with van der Waals surface area (Å²) in [6.45, 7) is 2.82. The zero-order chi connectivity index (χ0) is 20.9. The number of H-pyrrole nitrogens is 1. The van der Waals surface area contributed by atoms with Crippen LogP contribution in [0, 0.1) is 0 Å². The fourth-order valence-electron chi connectivity index (χ4n) is 3.14. The van der Waals surface area contributed by atoms with E-state index in [4.69, 9.17) is 0 Å². The fraction of sp³-hybridized carbons (Fsp3) is 0.238. The van der Waals surface area contributed by atoms with E-state index in [-0.39, 0.29) is 17.2 Å². The van der Waals surface area contributed by atoms with Gasteiger partial charge in [-0.15, -0.1) is 23.1 Å². The van der Waals surface area contributed by atoms with E-state index in [0.717, 1.165) is 24.1 Å². The predicted octanol–water partition coefficient (Wildman–Crippen LogP) is 4.13. The highest BCUT2D eigenvalue weighted by Gasteiger charge is 2.13. The zero-order valence-corrected chi connectivity index (χ0v) is 18.1. The average Bonchev–Trinajstić information content (AvgIpc) is 3.36. The summed E-state index contributed by atoms with van der Waals surface area (Å²) in [7, 11) is 0. The average molecular weight is 440 g/mol. The van der Waals surface area contributed by atoms with Gasteiger partial charge in [0.25, 0.3) is 5.56 Å². The van der Waals surface area contributed by atoms with Crippen molar-refractivity contribution in [2.45, 2.75) is 25.6 Å². The number of carbonyl (C=O) groups excluding carboxylic acids is 1. The van der Waals surface area contributed by atoms with Gasteiger partial charge >= 0.3 is 0 Å². The molecule has 0 saturated carbocycles. The molecule has 9 heteroatoms. The van der Waals surface area contributed by atoms with Gasteiger partial charge in [-0.05, 0) is 12.0 Å². The lowest BCUT2D eigenvalue weighted by Crippen LogP contribution is -2.18. The van der Waals surface area contributed by atoms with Crippen LogP contribution in [0.4, 0.5) is 5.82 Å². The predicted molar refractivity (Wildman–Crippen MR) is 123 cm³/mol. The minimum Gasteiger partial charge on any atom is -0.310 e. The number of nitrogens with zero attached hydrogens (tertiary/aromatic N) is 3. The molecule has 0 fully saturated rings. The Kier molecular flexibility index (Phi) is 6.29. The summed E-state index contributed by atoms with van der Waals surface area (Å²) in [5.41, 5.74) is 1.74. The van der Waals surface area contributed by atoms with Gasteiger partial charge in [-0.1, -0.05) is 37.3 Å². The lowest BCUT2D eigenvalue weighted by atomic mass is 10.1. The van der Waals surface area contributed by atoms with Crippen LogP contribution >= 0.6 is 23.1 Å². The number of carbonyl (C=O) groups is 1. The van der Waals surface area contributed by atoms with Crippen molar-refractivity contribution in [2.24, 2.45) is 0 Å². The van der Waals surface area contributed by atoms with Gasteiger partial charge in [-0.2, -0.15) is 5.10 Å². The summed E-state index contributed by atoms with van der Waals surface area (Å²) < 4.78 is 1.77. The van der Waals surface area contributed by atoms with Gasteiger partial charge in [-0.25, -0.2) is 9.67 Å². The number of aromatic amines is 1. The summed E-state index contributed by atoms with van der Waals surface area (Å²) in [5.74, 6) is 1.87. The Balaban J connectivity index is 1.40. The SMILES string of the molecule is CCCn1nccc1NC(=O)CSCc1nc2scc(-c3ccccc3)c2c(=O)[nH]1. The topological polar surface area (TPSA) is 92.7 Å². The smallest absolute Gasteiger partial charge is 0.260 e. The molecule has 4 aromatic rings. The van der Waals surface area contributed by atoms with Gasteiger partial charge in [-0.3, -0.25) is 9.59 Å². The second kappa shape index (κ2) is 9.27. The number of hydrogen-bond donors (Lipinski definition) is 2. The molecule has 0 saturated heterocycles. The van der Waals surface area contributed by atoms with Crippen molar-refractivity contribution in [3.8, 4) is 11.1 Å². The molecular formula is C21H21N5O2S2. The molecule has 0 aliphatic carbocycles. The van der Waals surface area contributed by atoms with E-state index in [2.05, 4.69) is 27.3 Å². The fourth-order valence-corrected chi connectivity index (χ4v) is 4.80. The maximum atomic E-state index is 12.7. The molecule has 0 aliphatic rings. The third kappa shape index (κ3) is 4.47. The first kappa shape index (κ1) is 20.4. The Bertz CT molecular complexity index is 1210. The molecule has 154 valence electrons. The number of aryl methyl sites for hydroxylation is 1. The monoisotopic (exact) mass is 439 g/mol. The molecule has 0 aliphatic heterocycles. The van der Waals surface area contributed by atoms with E-state index in [1.165, 1.54) is 23.1 Å². The Morgan fingerprint density at radius 1 is 1.27 bits per heavy atom. The van der Waals surface area contributed by atoms with Crippen molar-refractivity contribution >= 4 is 45.0 Å². The maximum Gasteiger partial charge on any atom is 0.260 e. The van der Waals surface area contributed by atoms with E-state index in [9.17, 15) is 9.59 Å². The van der Waals surface area contributed by atoms with Crippen LogP contribution in [0.5, 0.6) is 0 Å². The lowest BCUT2D eigenvalue weighted by Gasteiger charge is -2.08. The van der Waals surface area contributed by atoms with Crippen molar-refractivity contribution < 1.29 is 4.79 Å². The van der Waals surface area contributed by atoms with Crippen molar-refractivity contribution in [1.29, 1.82) is 0 Å². The summed E-state index contributed by atoms with van der Waals surface area (Å²) >= 11 is 2.86. The molecule has 3 heterocycles. The molecule has 0 radical (unpaired) electrons. The van der Waals surface area contributed by atoms with Crippen LogP contribution < -0.4 is 10.9 Å². The van der Waals surface area contributed by atoms with Crippen LogP contribution in [0.1, 0.15) is 19.2 Å². The second-order valence-electron chi connectivity index (χ2n) is 6.69. The lowest BCUT2D eigenvalue weighted by molar-refractivity contribution is -0.113. The summed E-state index contributed by atoms with van der Waals surface area (Å²) in [6.07, 6.45) is 2.61. The van der Waals surface area contributed by atoms with Gasteiger partial charge < -0.3 is 10.3 Å². The normalized spacial score (nSPS) is 11.1. The Morgan fingerprint density at radius 3 is 2.90 bits per heavy atom. The molecule has 0 unspecified atom stereocenters. The number of thiophene rings is 1. The highest BCUT2D eigenvalue weighted by molar-refractivity contribution is 7.99. The van der Waals surface area contributed by atoms with Gasteiger partial charge in [0.15, 0.2) is 0 Å². The molecule has 1 amide bonds. The Hall–Kier alpha value is -2.91. The minimum absolute atomic E-state index is 0.108. The highest BCUT2D eigenvalue weighted by atomic mass is 32.2. The zero-order valence-electron chi connectivity index (χ0n) is 16.4. The molecule has 0 spiro atoms. The number of benzene rings is 1. The van der Waals surface area contributed by atoms with Crippen LogP contribution in [-0.2, 0) is 17.1 Å². The van der Waals surface area contributed by atoms with E-state index in [0.29, 0.717) is 27.6 Å². The Labute approximate surface area is 181 Å². The molecule has 2 N–H and O–H groups in total. The van der Waals surface area contributed by atoms with E-state index < -0.39 is 0 Å². The van der Waals surface area contributed by atoms with Gasteiger partial charge in [0.05, 0.1) is 23.1 Å². The van der Waals surface area contributed by atoms with Crippen LogP contribution in [0.15, 0.2) is 52.8 Å². The summed E-state index contributed by atoms with van der Waals surface area (Å²) in [4.78, 5) is 33.1. The molecule has 30 heavy (non-hydrogen) atoms. The second-order valence-corrected chi connectivity index (χ2v) is 8.53. The van der Waals surface area contributed by atoms with E-state index in [1.807, 2.05) is 35.7 Å². The molecule has 4 rings (SSSR count). The van der Waals surface area contributed by atoms with E-state index >= 15 is 0 Å². The van der Waals surface area contributed by atoms with Gasteiger partial charge in [0.2, 0.25) is 5.91 Å². The third-order valence-corrected chi connectivity index (χ3v) is 6.29. The molecular weight excluding hydrogens is 418 g/mol. The van der Waals surface area contributed by atoms with Crippen LogP contribution in [0.25, 0.3) is 21.3 Å². The number of hydrogen-bond acceptors (Lipinski definition) is 6.